The molecule has 3 aliphatic heterocycles. The van der Waals surface area contributed by atoms with Gasteiger partial charge in [-0.05, 0) is 31.4 Å². The molecule has 1 aromatic carbocycles. The molecule has 2 saturated heterocycles. The van der Waals surface area contributed by atoms with E-state index in [9.17, 15) is 24.0 Å². The summed E-state index contributed by atoms with van der Waals surface area (Å²) in [5, 5.41) is 5.13. The lowest BCUT2D eigenvalue weighted by Gasteiger charge is -2.31. The van der Waals surface area contributed by atoms with Gasteiger partial charge in [-0.1, -0.05) is 6.07 Å². The number of halogens is 2. The van der Waals surface area contributed by atoms with Gasteiger partial charge in [-0.3, -0.25) is 34.2 Å². The van der Waals surface area contributed by atoms with Crippen molar-refractivity contribution in [2.24, 2.45) is 5.73 Å². The Hall–Kier alpha value is -2.69. The number of nitrogens with two attached hydrogens (primary N) is 1. The van der Waals surface area contributed by atoms with Crippen molar-refractivity contribution in [2.75, 3.05) is 25.0 Å². The Labute approximate surface area is 197 Å². The first kappa shape index (κ1) is 25.6. The minimum atomic E-state index is -1.03. The van der Waals surface area contributed by atoms with Gasteiger partial charge in [0.15, 0.2) is 0 Å². The molecule has 0 aromatic heterocycles. The number of imide groups is 2. The highest BCUT2D eigenvalue weighted by Gasteiger charge is 2.45. The van der Waals surface area contributed by atoms with E-state index in [-0.39, 0.29) is 67.3 Å². The molecule has 32 heavy (non-hydrogen) atoms. The first-order chi connectivity index (χ1) is 14.4. The highest BCUT2D eigenvalue weighted by molar-refractivity contribution is 6.25. The number of hydrogen-bond donors (Lipinski definition) is 3. The molecule has 0 bridgehead atoms. The van der Waals surface area contributed by atoms with Gasteiger partial charge < -0.3 is 16.0 Å². The lowest BCUT2D eigenvalue weighted by Crippen LogP contribution is -2.54. The molecule has 4 rings (SSSR count). The van der Waals surface area contributed by atoms with Crippen molar-refractivity contribution < 1.29 is 24.0 Å². The lowest BCUT2D eigenvalue weighted by molar-refractivity contribution is -0.136. The van der Waals surface area contributed by atoms with Crippen molar-refractivity contribution in [1.82, 2.24) is 15.1 Å². The standard InChI is InChI=1S/C20H23N5O5.2ClH/c21-11-3-2-8-24(10-11)16(27)9-22-13-5-1-4-12-17(13)20(30)25(19(12)29)14-6-7-15(26)23-18(14)28;;/h1,4-5,11,14,22H,2-3,6-10,21H2,(H,23,26,28);2*1H/t11-,14?;;/m0../s1. The molecule has 10 nitrogen and oxygen atoms in total. The molecule has 2 atom stereocenters. The van der Waals surface area contributed by atoms with E-state index in [1.165, 1.54) is 6.07 Å². The molecule has 12 heteroatoms. The van der Waals surface area contributed by atoms with Crippen molar-refractivity contribution in [3.8, 4) is 0 Å². The Bertz CT molecular complexity index is 956. The van der Waals surface area contributed by atoms with Crippen LogP contribution in [0.5, 0.6) is 0 Å². The summed E-state index contributed by atoms with van der Waals surface area (Å²) in [4.78, 5) is 64.5. The fourth-order valence-corrected chi connectivity index (χ4v) is 4.18. The summed E-state index contributed by atoms with van der Waals surface area (Å²) in [5.41, 5.74) is 6.59. The van der Waals surface area contributed by atoms with Crippen molar-refractivity contribution in [3.63, 3.8) is 0 Å². The predicted molar refractivity (Wildman–Crippen MR) is 120 cm³/mol. The van der Waals surface area contributed by atoms with E-state index >= 15 is 0 Å². The molecule has 3 heterocycles. The molecule has 1 unspecified atom stereocenters. The first-order valence-corrected chi connectivity index (χ1v) is 9.98. The second-order valence-corrected chi connectivity index (χ2v) is 7.77. The van der Waals surface area contributed by atoms with Gasteiger partial charge in [0, 0.05) is 31.2 Å². The Balaban J connectivity index is 0.00000181. The Morgan fingerprint density at radius 2 is 1.88 bits per heavy atom. The van der Waals surface area contributed by atoms with Gasteiger partial charge >= 0.3 is 0 Å². The number of nitrogens with zero attached hydrogens (tertiary/aromatic N) is 2. The summed E-state index contributed by atoms with van der Waals surface area (Å²) in [5.74, 6) is -2.42. The number of amides is 5. The van der Waals surface area contributed by atoms with Crippen LogP contribution < -0.4 is 16.4 Å². The second kappa shape index (κ2) is 10.3. The molecule has 5 amide bonds. The van der Waals surface area contributed by atoms with Gasteiger partial charge in [0.1, 0.15) is 6.04 Å². The quantitative estimate of drug-likeness (QED) is 0.520. The maximum Gasteiger partial charge on any atom is 0.264 e. The minimum absolute atomic E-state index is 0. The van der Waals surface area contributed by atoms with E-state index in [2.05, 4.69) is 10.6 Å². The number of hydrogen-bond acceptors (Lipinski definition) is 7. The number of fused-ring (bicyclic) bond motifs is 1. The average Bonchev–Trinajstić information content (AvgIpc) is 2.97. The summed E-state index contributed by atoms with van der Waals surface area (Å²) in [6.45, 7) is 1.10. The number of likely N-dealkylation sites (tertiary alicyclic amines) is 1. The molecule has 0 saturated carbocycles. The number of benzene rings is 1. The number of anilines is 1. The average molecular weight is 486 g/mol. The Kier molecular flexibility index (Phi) is 8.22. The van der Waals surface area contributed by atoms with Gasteiger partial charge in [0.2, 0.25) is 17.7 Å². The van der Waals surface area contributed by atoms with Gasteiger partial charge in [-0.2, -0.15) is 0 Å². The van der Waals surface area contributed by atoms with Crippen molar-refractivity contribution in [3.05, 3.63) is 29.3 Å². The predicted octanol–water partition coefficient (Wildman–Crippen LogP) is 0.293. The van der Waals surface area contributed by atoms with Crippen LogP contribution in [0, 0.1) is 0 Å². The summed E-state index contributed by atoms with van der Waals surface area (Å²) in [6, 6.07) is 3.68. The molecule has 1 aromatic rings. The third-order valence-corrected chi connectivity index (χ3v) is 5.71. The van der Waals surface area contributed by atoms with E-state index in [1.54, 1.807) is 17.0 Å². The number of piperidine rings is 2. The van der Waals surface area contributed by atoms with Crippen LogP contribution in [0.25, 0.3) is 0 Å². The maximum absolute atomic E-state index is 13.0. The van der Waals surface area contributed by atoms with E-state index in [1.807, 2.05) is 0 Å². The molecular weight excluding hydrogens is 461 g/mol. The van der Waals surface area contributed by atoms with E-state index < -0.39 is 29.7 Å². The van der Waals surface area contributed by atoms with Gasteiger partial charge in [0.05, 0.1) is 17.7 Å². The third-order valence-electron chi connectivity index (χ3n) is 5.71. The van der Waals surface area contributed by atoms with Crippen molar-refractivity contribution in [1.29, 1.82) is 0 Å². The van der Waals surface area contributed by atoms with Crippen LogP contribution >= 0.6 is 24.8 Å². The van der Waals surface area contributed by atoms with Crippen LogP contribution in [0.15, 0.2) is 18.2 Å². The second-order valence-electron chi connectivity index (χ2n) is 7.77. The topological polar surface area (TPSA) is 142 Å². The molecule has 3 aliphatic rings. The van der Waals surface area contributed by atoms with Crippen LogP contribution in [0.2, 0.25) is 0 Å². The molecule has 0 aliphatic carbocycles. The normalized spacial score (nSPS) is 22.5. The summed E-state index contributed by atoms with van der Waals surface area (Å²) in [6.07, 6.45) is 1.88. The van der Waals surface area contributed by atoms with Gasteiger partial charge in [-0.25, -0.2) is 0 Å². The van der Waals surface area contributed by atoms with E-state index in [0.717, 1.165) is 17.7 Å². The molecular formula is C20H25Cl2N5O5. The third kappa shape index (κ3) is 4.72. The molecule has 0 spiro atoms. The number of rotatable bonds is 4. The zero-order valence-electron chi connectivity index (χ0n) is 17.2. The Morgan fingerprint density at radius 3 is 2.56 bits per heavy atom. The van der Waals surface area contributed by atoms with Crippen LogP contribution in [0.4, 0.5) is 5.69 Å². The zero-order valence-corrected chi connectivity index (χ0v) is 18.8. The van der Waals surface area contributed by atoms with E-state index in [0.29, 0.717) is 18.8 Å². The van der Waals surface area contributed by atoms with Crippen LogP contribution in [0.1, 0.15) is 46.4 Å². The van der Waals surface area contributed by atoms with Crippen LogP contribution in [-0.2, 0) is 14.4 Å². The van der Waals surface area contributed by atoms with E-state index in [4.69, 9.17) is 5.73 Å². The minimum Gasteiger partial charge on any atom is -0.375 e. The maximum atomic E-state index is 13.0. The van der Waals surface area contributed by atoms with Gasteiger partial charge in [-0.15, -0.1) is 24.8 Å². The van der Waals surface area contributed by atoms with Crippen molar-refractivity contribution >= 4 is 60.0 Å². The summed E-state index contributed by atoms with van der Waals surface area (Å²) >= 11 is 0. The molecule has 4 N–H and O–H groups in total. The number of carbonyl (C=O) groups is 5. The highest BCUT2D eigenvalue weighted by atomic mass is 35.5. The number of carbonyl (C=O) groups excluding carboxylic acids is 5. The lowest BCUT2D eigenvalue weighted by atomic mass is 10.0. The smallest absolute Gasteiger partial charge is 0.264 e. The van der Waals surface area contributed by atoms with Crippen LogP contribution in [-0.4, -0.2) is 71.1 Å². The SMILES string of the molecule is Cl.Cl.N[C@H]1CCCN(C(=O)CNc2cccc3c2C(=O)N(C2CCC(=O)NC2=O)C3=O)C1. The Morgan fingerprint density at radius 1 is 1.12 bits per heavy atom. The largest absolute Gasteiger partial charge is 0.375 e. The molecule has 0 radical (unpaired) electrons. The van der Waals surface area contributed by atoms with Crippen LogP contribution in [0.3, 0.4) is 0 Å². The molecule has 174 valence electrons. The van der Waals surface area contributed by atoms with Gasteiger partial charge in [0.25, 0.3) is 11.8 Å². The fourth-order valence-electron chi connectivity index (χ4n) is 4.18. The number of nitrogens with one attached hydrogen (secondary N) is 2. The van der Waals surface area contributed by atoms with Crippen molar-refractivity contribution in [2.45, 2.75) is 37.8 Å². The monoisotopic (exact) mass is 485 g/mol. The fraction of sp³-hybridized carbons (Fsp3) is 0.450. The molecule has 2 fully saturated rings. The summed E-state index contributed by atoms with van der Waals surface area (Å²) < 4.78 is 0. The zero-order chi connectivity index (χ0) is 21.4. The first-order valence-electron chi connectivity index (χ1n) is 9.98. The highest BCUT2D eigenvalue weighted by Crippen LogP contribution is 2.32. The summed E-state index contributed by atoms with van der Waals surface area (Å²) in [7, 11) is 0.